The molecule has 1 aromatic carbocycles. The van der Waals surface area contributed by atoms with E-state index < -0.39 is 21.6 Å². The molecule has 25 heavy (non-hydrogen) atoms. The van der Waals surface area contributed by atoms with Gasteiger partial charge in [0.2, 0.25) is 0 Å². The number of carbonyl (C=O) groups is 1. The molecule has 132 valence electrons. The van der Waals surface area contributed by atoms with Gasteiger partial charge in [-0.25, -0.2) is 22.8 Å². The molecule has 0 bridgehead atoms. The van der Waals surface area contributed by atoms with Crippen LogP contribution in [0.4, 0.5) is 15.9 Å². The lowest BCUT2D eigenvalue weighted by Gasteiger charge is -2.23. The van der Waals surface area contributed by atoms with E-state index in [2.05, 4.69) is 15.3 Å². The van der Waals surface area contributed by atoms with E-state index in [1.165, 1.54) is 30.6 Å². The second-order valence-corrected chi connectivity index (χ2v) is 8.09. The third-order valence-corrected chi connectivity index (χ3v) is 5.86. The van der Waals surface area contributed by atoms with Crippen molar-refractivity contribution in [2.24, 2.45) is 0 Å². The van der Waals surface area contributed by atoms with Gasteiger partial charge in [0.15, 0.2) is 9.84 Å². The van der Waals surface area contributed by atoms with Crippen LogP contribution in [0.3, 0.4) is 0 Å². The molecule has 1 amide bonds. The van der Waals surface area contributed by atoms with Crippen LogP contribution in [0.25, 0.3) is 0 Å². The molecule has 1 atom stereocenters. The Morgan fingerprint density at radius 2 is 2.04 bits per heavy atom. The number of carbonyl (C=O) groups excluding carboxylic acids is 1. The zero-order valence-electron chi connectivity index (χ0n) is 13.5. The highest BCUT2D eigenvalue weighted by atomic mass is 32.2. The minimum Gasteiger partial charge on any atom is -0.354 e. The van der Waals surface area contributed by atoms with Crippen molar-refractivity contribution in [1.82, 2.24) is 9.97 Å². The first-order valence-electron chi connectivity index (χ1n) is 7.67. The highest BCUT2D eigenvalue weighted by Crippen LogP contribution is 2.21. The molecule has 2 heterocycles. The summed E-state index contributed by atoms with van der Waals surface area (Å²) in [4.78, 5) is 22.1. The van der Waals surface area contributed by atoms with Gasteiger partial charge in [0, 0.05) is 13.1 Å². The van der Waals surface area contributed by atoms with Crippen LogP contribution in [0.2, 0.25) is 0 Å². The van der Waals surface area contributed by atoms with Crippen LogP contribution in [0.1, 0.15) is 16.9 Å². The summed E-state index contributed by atoms with van der Waals surface area (Å²) >= 11 is 0. The van der Waals surface area contributed by atoms with E-state index >= 15 is 0 Å². The third-order valence-electron chi connectivity index (χ3n) is 4.11. The molecule has 1 N–H and O–H groups in total. The molecule has 1 aromatic heterocycles. The molecule has 1 fully saturated rings. The summed E-state index contributed by atoms with van der Waals surface area (Å²) < 4.78 is 36.7. The standard InChI is InChI=1S/C16H17FN4O3S/c1-21(11-6-7-25(23,24)10-11)15-9-18-14(8-19-15)16(22)20-13-5-3-2-4-12(13)17/h2-5,8-9,11H,6-7,10H2,1H3,(H,20,22). The van der Waals surface area contributed by atoms with Crippen molar-refractivity contribution in [3.05, 3.63) is 48.2 Å². The van der Waals surface area contributed by atoms with Gasteiger partial charge in [-0.1, -0.05) is 12.1 Å². The first-order chi connectivity index (χ1) is 11.9. The Bertz CT molecular complexity index is 887. The first kappa shape index (κ1) is 17.3. The second-order valence-electron chi connectivity index (χ2n) is 5.86. The molecule has 1 unspecified atom stereocenters. The number of nitrogens with zero attached hydrogens (tertiary/aromatic N) is 3. The van der Waals surface area contributed by atoms with Crippen LogP contribution in [-0.4, -0.2) is 48.9 Å². The fourth-order valence-electron chi connectivity index (χ4n) is 2.64. The number of rotatable bonds is 4. The van der Waals surface area contributed by atoms with Gasteiger partial charge in [0.1, 0.15) is 17.3 Å². The maximum absolute atomic E-state index is 13.6. The SMILES string of the molecule is CN(c1cnc(C(=O)Nc2ccccc2F)cn1)C1CCS(=O)(=O)C1. The Hall–Kier alpha value is -2.55. The molecule has 9 heteroatoms. The van der Waals surface area contributed by atoms with Crippen LogP contribution in [0.5, 0.6) is 0 Å². The quantitative estimate of drug-likeness (QED) is 0.884. The number of anilines is 2. The van der Waals surface area contributed by atoms with Crippen LogP contribution in [0, 0.1) is 5.82 Å². The highest BCUT2D eigenvalue weighted by Gasteiger charge is 2.31. The molecule has 1 saturated heterocycles. The smallest absolute Gasteiger partial charge is 0.275 e. The van der Waals surface area contributed by atoms with Gasteiger partial charge in [-0.05, 0) is 18.6 Å². The van der Waals surface area contributed by atoms with Crippen LogP contribution >= 0.6 is 0 Å². The topological polar surface area (TPSA) is 92.3 Å². The lowest BCUT2D eigenvalue weighted by molar-refractivity contribution is 0.102. The van der Waals surface area contributed by atoms with Gasteiger partial charge in [-0.3, -0.25) is 4.79 Å². The largest absolute Gasteiger partial charge is 0.354 e. The van der Waals surface area contributed by atoms with E-state index in [1.807, 2.05) is 0 Å². The van der Waals surface area contributed by atoms with E-state index in [9.17, 15) is 17.6 Å². The van der Waals surface area contributed by atoms with Crippen LogP contribution in [0.15, 0.2) is 36.7 Å². The molecule has 0 spiro atoms. The number of amides is 1. The highest BCUT2D eigenvalue weighted by molar-refractivity contribution is 7.91. The zero-order valence-corrected chi connectivity index (χ0v) is 14.3. The Balaban J connectivity index is 1.69. The Morgan fingerprint density at radius 1 is 1.28 bits per heavy atom. The molecule has 2 aromatic rings. The Kier molecular flexibility index (Phi) is 4.67. The summed E-state index contributed by atoms with van der Waals surface area (Å²) in [5.41, 5.74) is 0.103. The van der Waals surface area contributed by atoms with Crippen molar-refractivity contribution in [2.75, 3.05) is 28.8 Å². The van der Waals surface area contributed by atoms with E-state index in [-0.39, 0.29) is 28.9 Å². The molecule has 1 aliphatic rings. The van der Waals surface area contributed by atoms with Gasteiger partial charge < -0.3 is 10.2 Å². The van der Waals surface area contributed by atoms with E-state index in [4.69, 9.17) is 0 Å². The van der Waals surface area contributed by atoms with Gasteiger partial charge in [-0.15, -0.1) is 0 Å². The predicted molar refractivity (Wildman–Crippen MR) is 91.8 cm³/mol. The summed E-state index contributed by atoms with van der Waals surface area (Å²) in [6.07, 6.45) is 3.22. The fourth-order valence-corrected chi connectivity index (χ4v) is 4.41. The van der Waals surface area contributed by atoms with Gasteiger partial charge in [-0.2, -0.15) is 0 Å². The van der Waals surface area contributed by atoms with Crippen molar-refractivity contribution in [1.29, 1.82) is 0 Å². The summed E-state index contributed by atoms with van der Waals surface area (Å²) in [6, 6.07) is 5.67. The molecular weight excluding hydrogens is 347 g/mol. The number of nitrogens with one attached hydrogen (secondary N) is 1. The second kappa shape index (κ2) is 6.75. The Morgan fingerprint density at radius 3 is 2.64 bits per heavy atom. The third kappa shape index (κ3) is 3.93. The maximum atomic E-state index is 13.6. The van der Waals surface area contributed by atoms with E-state index in [1.54, 1.807) is 18.0 Å². The monoisotopic (exact) mass is 364 g/mol. The minimum atomic E-state index is -3.00. The molecule has 0 radical (unpaired) electrons. The summed E-state index contributed by atoms with van der Waals surface area (Å²) in [6.45, 7) is 0. The van der Waals surface area contributed by atoms with Crippen molar-refractivity contribution < 1.29 is 17.6 Å². The molecule has 0 aliphatic carbocycles. The number of aromatic nitrogens is 2. The number of halogens is 1. The zero-order chi connectivity index (χ0) is 18.0. The van der Waals surface area contributed by atoms with Crippen LogP contribution in [-0.2, 0) is 9.84 Å². The van der Waals surface area contributed by atoms with Crippen molar-refractivity contribution in [3.63, 3.8) is 0 Å². The lowest BCUT2D eigenvalue weighted by Crippen LogP contribution is -2.33. The van der Waals surface area contributed by atoms with Gasteiger partial charge in [0.25, 0.3) is 5.91 Å². The molecular formula is C16H17FN4O3S. The van der Waals surface area contributed by atoms with E-state index in [0.717, 1.165) is 0 Å². The maximum Gasteiger partial charge on any atom is 0.275 e. The van der Waals surface area contributed by atoms with Gasteiger partial charge in [0.05, 0.1) is 29.6 Å². The summed E-state index contributed by atoms with van der Waals surface area (Å²) in [5.74, 6) is -0.387. The predicted octanol–water partition coefficient (Wildman–Crippen LogP) is 1.49. The van der Waals surface area contributed by atoms with Crippen LogP contribution < -0.4 is 10.2 Å². The minimum absolute atomic E-state index is 0.0412. The van der Waals surface area contributed by atoms with Crippen molar-refractivity contribution in [2.45, 2.75) is 12.5 Å². The average Bonchev–Trinajstić information content (AvgIpc) is 2.96. The first-order valence-corrected chi connectivity index (χ1v) is 9.49. The average molecular weight is 364 g/mol. The number of hydrogen-bond acceptors (Lipinski definition) is 6. The Labute approximate surface area is 144 Å². The summed E-state index contributed by atoms with van der Waals surface area (Å²) in [5, 5.41) is 2.43. The van der Waals surface area contributed by atoms with Crippen molar-refractivity contribution >= 4 is 27.2 Å². The summed E-state index contributed by atoms with van der Waals surface area (Å²) in [7, 11) is -1.25. The van der Waals surface area contributed by atoms with Crippen molar-refractivity contribution in [3.8, 4) is 0 Å². The molecule has 0 saturated carbocycles. The molecule has 3 rings (SSSR count). The normalized spacial score (nSPS) is 18.7. The number of hydrogen-bond donors (Lipinski definition) is 1. The number of benzene rings is 1. The number of sulfone groups is 1. The molecule has 7 nitrogen and oxygen atoms in total. The van der Waals surface area contributed by atoms with Gasteiger partial charge >= 0.3 is 0 Å². The number of para-hydroxylation sites is 1. The molecule has 1 aliphatic heterocycles. The lowest BCUT2D eigenvalue weighted by atomic mass is 10.2. The fraction of sp³-hybridized carbons (Fsp3) is 0.312. The van der Waals surface area contributed by atoms with E-state index in [0.29, 0.717) is 12.2 Å².